The van der Waals surface area contributed by atoms with Gasteiger partial charge < -0.3 is 15.3 Å². The first-order valence-corrected chi connectivity index (χ1v) is 6.40. The Labute approximate surface area is 112 Å². The molecule has 5 nitrogen and oxygen atoms in total. The van der Waals surface area contributed by atoms with Gasteiger partial charge in [0.15, 0.2) is 0 Å². The molecule has 0 atom stereocenters. The SMILES string of the molecule is C/C(=N/O)c1cccc(OCCC(=O)NC2CC2)c1. The second-order valence-electron chi connectivity index (χ2n) is 4.65. The maximum absolute atomic E-state index is 11.5. The Morgan fingerprint density at radius 1 is 1.53 bits per heavy atom. The molecule has 1 amide bonds. The maximum Gasteiger partial charge on any atom is 0.223 e. The summed E-state index contributed by atoms with van der Waals surface area (Å²) in [7, 11) is 0. The monoisotopic (exact) mass is 262 g/mol. The largest absolute Gasteiger partial charge is 0.493 e. The molecule has 0 radical (unpaired) electrons. The molecule has 1 fully saturated rings. The molecule has 0 unspecified atom stereocenters. The lowest BCUT2D eigenvalue weighted by Gasteiger charge is -2.08. The number of hydrogen-bond acceptors (Lipinski definition) is 4. The maximum atomic E-state index is 11.5. The van der Waals surface area contributed by atoms with Crippen LogP contribution in [0.3, 0.4) is 0 Å². The van der Waals surface area contributed by atoms with Crippen LogP contribution in [0.5, 0.6) is 5.75 Å². The van der Waals surface area contributed by atoms with Crippen LogP contribution in [0.1, 0.15) is 31.7 Å². The second-order valence-corrected chi connectivity index (χ2v) is 4.65. The summed E-state index contributed by atoms with van der Waals surface area (Å²) >= 11 is 0. The molecule has 0 spiro atoms. The first-order chi connectivity index (χ1) is 9.19. The minimum absolute atomic E-state index is 0.0340. The van der Waals surface area contributed by atoms with Crippen LogP contribution in [0, 0.1) is 0 Å². The van der Waals surface area contributed by atoms with Crippen LogP contribution < -0.4 is 10.1 Å². The van der Waals surface area contributed by atoms with E-state index in [1.54, 1.807) is 13.0 Å². The molecular weight excluding hydrogens is 244 g/mol. The van der Waals surface area contributed by atoms with Crippen LogP contribution in [-0.4, -0.2) is 29.5 Å². The van der Waals surface area contributed by atoms with Crippen molar-refractivity contribution in [3.8, 4) is 5.75 Å². The summed E-state index contributed by atoms with van der Waals surface area (Å²) < 4.78 is 5.52. The highest BCUT2D eigenvalue weighted by Gasteiger charge is 2.22. The van der Waals surface area contributed by atoms with Crippen molar-refractivity contribution < 1.29 is 14.7 Å². The molecular formula is C14H18N2O3. The topological polar surface area (TPSA) is 70.9 Å². The summed E-state index contributed by atoms with van der Waals surface area (Å²) in [5.74, 6) is 0.700. The number of oxime groups is 1. The Kier molecular flexibility index (Phi) is 4.39. The van der Waals surface area contributed by atoms with Gasteiger partial charge in [0.2, 0.25) is 5.91 Å². The minimum Gasteiger partial charge on any atom is -0.493 e. The molecule has 0 saturated heterocycles. The lowest BCUT2D eigenvalue weighted by molar-refractivity contribution is -0.121. The minimum atomic E-state index is 0.0340. The lowest BCUT2D eigenvalue weighted by atomic mass is 10.1. The van der Waals surface area contributed by atoms with Gasteiger partial charge in [-0.05, 0) is 31.9 Å². The summed E-state index contributed by atoms with van der Waals surface area (Å²) in [5.41, 5.74) is 1.32. The number of amides is 1. The van der Waals surface area contributed by atoms with Crippen molar-refractivity contribution in [2.45, 2.75) is 32.2 Å². The number of carbonyl (C=O) groups is 1. The fourth-order valence-electron chi connectivity index (χ4n) is 1.66. The van der Waals surface area contributed by atoms with Gasteiger partial charge in [-0.2, -0.15) is 0 Å². The fraction of sp³-hybridized carbons (Fsp3) is 0.429. The van der Waals surface area contributed by atoms with Gasteiger partial charge in [-0.3, -0.25) is 4.79 Å². The van der Waals surface area contributed by atoms with E-state index < -0.39 is 0 Å². The van der Waals surface area contributed by atoms with Crippen LogP contribution in [0.2, 0.25) is 0 Å². The van der Waals surface area contributed by atoms with Gasteiger partial charge in [0.05, 0.1) is 18.7 Å². The van der Waals surface area contributed by atoms with Gasteiger partial charge in [0, 0.05) is 11.6 Å². The number of nitrogens with zero attached hydrogens (tertiary/aromatic N) is 1. The summed E-state index contributed by atoms with van der Waals surface area (Å²) in [6, 6.07) is 7.64. The molecule has 19 heavy (non-hydrogen) atoms. The van der Waals surface area contributed by atoms with Crippen molar-refractivity contribution >= 4 is 11.6 Å². The van der Waals surface area contributed by atoms with Gasteiger partial charge in [0.1, 0.15) is 5.75 Å². The number of ether oxygens (including phenoxy) is 1. The standard InChI is InChI=1S/C14H18N2O3/c1-10(16-18)11-3-2-4-13(9-11)19-8-7-14(17)15-12-5-6-12/h2-4,9,12,18H,5-8H2,1H3,(H,15,17)/b16-10-. The van der Waals surface area contributed by atoms with Gasteiger partial charge >= 0.3 is 0 Å². The molecule has 0 aromatic heterocycles. The number of nitrogens with one attached hydrogen (secondary N) is 1. The molecule has 0 bridgehead atoms. The second kappa shape index (κ2) is 6.22. The normalized spacial score (nSPS) is 15.1. The molecule has 1 saturated carbocycles. The predicted octanol–water partition coefficient (Wildman–Crippen LogP) is 1.93. The van der Waals surface area contributed by atoms with Crippen molar-refractivity contribution in [2.24, 2.45) is 5.16 Å². The highest BCUT2D eigenvalue weighted by molar-refractivity contribution is 5.98. The quantitative estimate of drug-likeness (QED) is 0.467. The van der Waals surface area contributed by atoms with Crippen molar-refractivity contribution in [1.29, 1.82) is 0 Å². The zero-order valence-corrected chi connectivity index (χ0v) is 10.9. The van der Waals surface area contributed by atoms with E-state index in [9.17, 15) is 4.79 Å². The van der Waals surface area contributed by atoms with Gasteiger partial charge in [-0.25, -0.2) is 0 Å². The Morgan fingerprint density at radius 3 is 3.00 bits per heavy atom. The van der Waals surface area contributed by atoms with E-state index in [1.165, 1.54) is 0 Å². The molecule has 5 heteroatoms. The number of benzene rings is 1. The molecule has 102 valence electrons. The van der Waals surface area contributed by atoms with Crippen LogP contribution in [-0.2, 0) is 4.79 Å². The lowest BCUT2D eigenvalue weighted by Crippen LogP contribution is -2.26. The van der Waals surface area contributed by atoms with Crippen molar-refractivity contribution in [3.05, 3.63) is 29.8 Å². The highest BCUT2D eigenvalue weighted by atomic mass is 16.5. The molecule has 2 rings (SSSR count). The van der Waals surface area contributed by atoms with Gasteiger partial charge in [-0.1, -0.05) is 17.3 Å². The summed E-state index contributed by atoms with van der Waals surface area (Å²) in [6.07, 6.45) is 2.54. The predicted molar refractivity (Wildman–Crippen MR) is 71.7 cm³/mol. The highest BCUT2D eigenvalue weighted by Crippen LogP contribution is 2.18. The van der Waals surface area contributed by atoms with E-state index in [0.29, 0.717) is 30.5 Å². The molecule has 0 heterocycles. The molecule has 2 N–H and O–H groups in total. The third-order valence-electron chi connectivity index (χ3n) is 2.94. The number of rotatable bonds is 6. The zero-order valence-electron chi connectivity index (χ0n) is 10.9. The first kappa shape index (κ1) is 13.4. The van der Waals surface area contributed by atoms with Crippen molar-refractivity contribution in [1.82, 2.24) is 5.32 Å². The van der Waals surface area contributed by atoms with Crippen LogP contribution >= 0.6 is 0 Å². The fourth-order valence-corrected chi connectivity index (χ4v) is 1.66. The van der Waals surface area contributed by atoms with Gasteiger partial charge in [-0.15, -0.1) is 0 Å². The van der Waals surface area contributed by atoms with E-state index in [-0.39, 0.29) is 5.91 Å². The smallest absolute Gasteiger partial charge is 0.223 e. The van der Waals surface area contributed by atoms with Crippen LogP contribution in [0.15, 0.2) is 29.4 Å². The van der Waals surface area contributed by atoms with Crippen molar-refractivity contribution in [3.63, 3.8) is 0 Å². The Morgan fingerprint density at radius 2 is 2.32 bits per heavy atom. The number of carbonyl (C=O) groups excluding carboxylic acids is 1. The molecule has 1 aromatic carbocycles. The summed E-state index contributed by atoms with van der Waals surface area (Å²) in [6.45, 7) is 2.06. The average molecular weight is 262 g/mol. The van der Waals surface area contributed by atoms with E-state index in [0.717, 1.165) is 18.4 Å². The Bertz CT molecular complexity index is 481. The van der Waals surface area contributed by atoms with Crippen LogP contribution in [0.4, 0.5) is 0 Å². The zero-order chi connectivity index (χ0) is 13.7. The number of hydrogen-bond donors (Lipinski definition) is 2. The summed E-state index contributed by atoms with van der Waals surface area (Å²) in [4.78, 5) is 11.5. The van der Waals surface area contributed by atoms with Crippen molar-refractivity contribution in [2.75, 3.05) is 6.61 Å². The third kappa shape index (κ3) is 4.28. The van der Waals surface area contributed by atoms with Gasteiger partial charge in [0.25, 0.3) is 0 Å². The van der Waals surface area contributed by atoms with E-state index in [1.807, 2.05) is 18.2 Å². The third-order valence-corrected chi connectivity index (χ3v) is 2.94. The molecule has 1 aliphatic rings. The van der Waals surface area contributed by atoms with E-state index >= 15 is 0 Å². The molecule has 1 aliphatic carbocycles. The molecule has 1 aromatic rings. The van der Waals surface area contributed by atoms with E-state index in [2.05, 4.69) is 10.5 Å². The molecule has 0 aliphatic heterocycles. The first-order valence-electron chi connectivity index (χ1n) is 6.40. The summed E-state index contributed by atoms with van der Waals surface area (Å²) in [5, 5.41) is 14.8. The Hall–Kier alpha value is -2.04. The average Bonchev–Trinajstić information content (AvgIpc) is 3.22. The van der Waals surface area contributed by atoms with Crippen LogP contribution in [0.25, 0.3) is 0 Å². The van der Waals surface area contributed by atoms with E-state index in [4.69, 9.17) is 9.94 Å². The Balaban J connectivity index is 1.80.